The summed E-state index contributed by atoms with van der Waals surface area (Å²) < 4.78 is 26.2. The Labute approximate surface area is 111 Å². The molecule has 18 heavy (non-hydrogen) atoms. The van der Waals surface area contributed by atoms with Crippen LogP contribution in [0.5, 0.6) is 0 Å². The highest BCUT2D eigenvalue weighted by atomic mass is 32.2. The molecule has 2 N–H and O–H groups in total. The SMILES string of the molecule is CCNCCS(=O)(=O)NCC1CCN(C(C)C)C1. The number of likely N-dealkylation sites (tertiary alicyclic amines) is 1. The summed E-state index contributed by atoms with van der Waals surface area (Å²) >= 11 is 0. The van der Waals surface area contributed by atoms with Crippen LogP contribution in [0.3, 0.4) is 0 Å². The number of hydrogen-bond acceptors (Lipinski definition) is 4. The lowest BCUT2D eigenvalue weighted by molar-refractivity contribution is 0.265. The van der Waals surface area contributed by atoms with Crippen LogP contribution in [-0.4, -0.2) is 57.8 Å². The fraction of sp³-hybridized carbons (Fsp3) is 1.00. The molecule has 1 heterocycles. The van der Waals surface area contributed by atoms with E-state index in [2.05, 4.69) is 28.8 Å². The van der Waals surface area contributed by atoms with Gasteiger partial charge in [0.2, 0.25) is 10.0 Å². The van der Waals surface area contributed by atoms with E-state index in [1.165, 1.54) is 0 Å². The van der Waals surface area contributed by atoms with E-state index in [9.17, 15) is 8.42 Å². The predicted molar refractivity (Wildman–Crippen MR) is 75.1 cm³/mol. The minimum absolute atomic E-state index is 0.168. The Hall–Kier alpha value is -0.170. The van der Waals surface area contributed by atoms with Crippen LogP contribution in [0.25, 0.3) is 0 Å². The van der Waals surface area contributed by atoms with Crippen LogP contribution >= 0.6 is 0 Å². The maximum atomic E-state index is 11.7. The smallest absolute Gasteiger partial charge is 0.212 e. The van der Waals surface area contributed by atoms with Crippen LogP contribution < -0.4 is 10.0 Å². The molecule has 6 heteroatoms. The van der Waals surface area contributed by atoms with E-state index < -0.39 is 10.0 Å². The summed E-state index contributed by atoms with van der Waals surface area (Å²) in [5.41, 5.74) is 0. The van der Waals surface area contributed by atoms with Crippen LogP contribution in [0, 0.1) is 5.92 Å². The topological polar surface area (TPSA) is 61.4 Å². The fourth-order valence-corrected chi connectivity index (χ4v) is 3.25. The van der Waals surface area contributed by atoms with Crippen molar-refractivity contribution in [1.29, 1.82) is 0 Å². The largest absolute Gasteiger partial charge is 0.316 e. The zero-order valence-corrected chi connectivity index (χ0v) is 12.6. The molecule has 0 bridgehead atoms. The Morgan fingerprint density at radius 2 is 2.11 bits per heavy atom. The number of rotatable bonds is 8. The molecule has 1 aliphatic rings. The first-order valence-corrected chi connectivity index (χ1v) is 8.52. The predicted octanol–water partition coefficient (Wildman–Crippen LogP) is 0.246. The normalized spacial score (nSPS) is 21.9. The molecule has 0 aromatic carbocycles. The van der Waals surface area contributed by atoms with Gasteiger partial charge in [-0.3, -0.25) is 0 Å². The monoisotopic (exact) mass is 277 g/mol. The van der Waals surface area contributed by atoms with Gasteiger partial charge in [-0.05, 0) is 39.3 Å². The highest BCUT2D eigenvalue weighted by molar-refractivity contribution is 7.89. The Kier molecular flexibility index (Phi) is 6.55. The third kappa shape index (κ3) is 5.65. The number of hydrogen-bond donors (Lipinski definition) is 2. The summed E-state index contributed by atoms with van der Waals surface area (Å²) in [6.45, 7) is 10.3. The van der Waals surface area contributed by atoms with Crippen LogP contribution in [0.1, 0.15) is 27.2 Å². The highest BCUT2D eigenvalue weighted by Crippen LogP contribution is 2.17. The van der Waals surface area contributed by atoms with Crippen molar-refractivity contribution in [2.24, 2.45) is 5.92 Å². The molecule has 1 saturated heterocycles. The van der Waals surface area contributed by atoms with E-state index in [0.717, 1.165) is 26.1 Å². The summed E-state index contributed by atoms with van der Waals surface area (Å²) in [7, 11) is -3.11. The molecular formula is C12H27N3O2S. The lowest BCUT2D eigenvalue weighted by Gasteiger charge is -2.20. The first-order valence-electron chi connectivity index (χ1n) is 6.86. The van der Waals surface area contributed by atoms with Gasteiger partial charge in [-0.2, -0.15) is 0 Å². The Morgan fingerprint density at radius 3 is 2.67 bits per heavy atom. The molecule has 0 aromatic rings. The van der Waals surface area contributed by atoms with Crippen molar-refractivity contribution in [1.82, 2.24) is 14.9 Å². The molecule has 1 aliphatic heterocycles. The van der Waals surface area contributed by atoms with Gasteiger partial charge in [-0.15, -0.1) is 0 Å². The van der Waals surface area contributed by atoms with Gasteiger partial charge in [0.05, 0.1) is 5.75 Å². The maximum Gasteiger partial charge on any atom is 0.212 e. The van der Waals surface area contributed by atoms with Gasteiger partial charge in [0.15, 0.2) is 0 Å². The first-order chi connectivity index (χ1) is 8.44. The number of nitrogens with zero attached hydrogens (tertiary/aromatic N) is 1. The quantitative estimate of drug-likeness (QED) is 0.624. The molecule has 0 aliphatic carbocycles. The summed E-state index contributed by atoms with van der Waals surface area (Å²) in [5, 5.41) is 3.03. The second-order valence-corrected chi connectivity index (χ2v) is 7.19. The van der Waals surface area contributed by atoms with Gasteiger partial charge in [0, 0.05) is 25.7 Å². The van der Waals surface area contributed by atoms with Crippen molar-refractivity contribution < 1.29 is 8.42 Å². The van der Waals surface area contributed by atoms with Gasteiger partial charge in [0.1, 0.15) is 0 Å². The third-order valence-corrected chi connectivity index (χ3v) is 4.79. The Bertz CT molecular complexity index is 330. The standard InChI is InChI=1S/C12H27N3O2S/c1-4-13-6-8-18(16,17)14-9-12-5-7-15(10-12)11(2)3/h11-14H,4-10H2,1-3H3. The van der Waals surface area contributed by atoms with Crippen molar-refractivity contribution in [3.63, 3.8) is 0 Å². The van der Waals surface area contributed by atoms with Crippen molar-refractivity contribution in [3.8, 4) is 0 Å². The Balaban J connectivity index is 2.24. The van der Waals surface area contributed by atoms with Crippen molar-refractivity contribution in [3.05, 3.63) is 0 Å². The number of nitrogens with one attached hydrogen (secondary N) is 2. The van der Waals surface area contributed by atoms with Gasteiger partial charge in [-0.1, -0.05) is 6.92 Å². The van der Waals surface area contributed by atoms with Crippen LogP contribution in [-0.2, 0) is 10.0 Å². The molecule has 1 atom stereocenters. The minimum Gasteiger partial charge on any atom is -0.316 e. The average molecular weight is 277 g/mol. The summed E-state index contributed by atoms with van der Waals surface area (Å²) in [6, 6.07) is 0.556. The molecule has 0 saturated carbocycles. The molecule has 1 fully saturated rings. The molecule has 0 spiro atoms. The van der Waals surface area contributed by atoms with E-state index in [1.54, 1.807) is 0 Å². The maximum absolute atomic E-state index is 11.7. The molecule has 0 amide bonds. The lowest BCUT2D eigenvalue weighted by Crippen LogP contribution is -2.36. The fourth-order valence-electron chi connectivity index (χ4n) is 2.20. The molecule has 0 radical (unpaired) electrons. The van der Waals surface area contributed by atoms with Gasteiger partial charge in [-0.25, -0.2) is 13.1 Å². The lowest BCUT2D eigenvalue weighted by atomic mass is 10.1. The zero-order chi connectivity index (χ0) is 13.6. The van der Waals surface area contributed by atoms with Crippen molar-refractivity contribution in [2.75, 3.05) is 38.5 Å². The molecule has 5 nitrogen and oxygen atoms in total. The first kappa shape index (κ1) is 15.9. The summed E-state index contributed by atoms with van der Waals surface area (Å²) in [4.78, 5) is 2.40. The van der Waals surface area contributed by atoms with Crippen molar-refractivity contribution >= 4 is 10.0 Å². The highest BCUT2D eigenvalue weighted by Gasteiger charge is 2.25. The van der Waals surface area contributed by atoms with E-state index in [4.69, 9.17) is 0 Å². The molecule has 108 valence electrons. The van der Waals surface area contributed by atoms with Gasteiger partial charge < -0.3 is 10.2 Å². The van der Waals surface area contributed by atoms with Crippen LogP contribution in [0.4, 0.5) is 0 Å². The van der Waals surface area contributed by atoms with Crippen LogP contribution in [0.15, 0.2) is 0 Å². The van der Waals surface area contributed by atoms with Gasteiger partial charge in [0.25, 0.3) is 0 Å². The van der Waals surface area contributed by atoms with E-state index in [1.807, 2.05) is 6.92 Å². The second-order valence-electron chi connectivity index (χ2n) is 5.26. The molecule has 1 rings (SSSR count). The average Bonchev–Trinajstić information content (AvgIpc) is 2.75. The van der Waals surface area contributed by atoms with Crippen LogP contribution in [0.2, 0.25) is 0 Å². The molecular weight excluding hydrogens is 250 g/mol. The third-order valence-electron chi connectivity index (χ3n) is 3.44. The molecule has 1 unspecified atom stereocenters. The van der Waals surface area contributed by atoms with E-state index in [-0.39, 0.29) is 5.75 Å². The second kappa shape index (κ2) is 7.43. The van der Waals surface area contributed by atoms with E-state index >= 15 is 0 Å². The minimum atomic E-state index is -3.11. The van der Waals surface area contributed by atoms with Crippen molar-refractivity contribution in [2.45, 2.75) is 33.2 Å². The van der Waals surface area contributed by atoms with E-state index in [0.29, 0.717) is 25.0 Å². The summed E-state index contributed by atoms with van der Waals surface area (Å²) in [6.07, 6.45) is 1.09. The Morgan fingerprint density at radius 1 is 1.39 bits per heavy atom. The number of sulfonamides is 1. The molecule has 0 aromatic heterocycles. The summed E-state index contributed by atoms with van der Waals surface area (Å²) in [5.74, 6) is 0.628. The van der Waals surface area contributed by atoms with Gasteiger partial charge >= 0.3 is 0 Å². The zero-order valence-electron chi connectivity index (χ0n) is 11.8.